The van der Waals surface area contributed by atoms with Crippen molar-refractivity contribution in [2.45, 2.75) is 63.7 Å². The summed E-state index contributed by atoms with van der Waals surface area (Å²) in [6, 6.07) is 0. The number of alkyl carbamates (subject to hydrolysis) is 1. The molecule has 1 atom stereocenters. The third-order valence-corrected chi connectivity index (χ3v) is 3.07. The lowest BCUT2D eigenvalue weighted by atomic mass is 9.72. The minimum absolute atomic E-state index is 0.416. The number of hydrogen-bond acceptors (Lipinski definition) is 4. The Morgan fingerprint density at radius 2 is 2.12 bits per heavy atom. The summed E-state index contributed by atoms with van der Waals surface area (Å²) in [5.41, 5.74) is 4.39. The van der Waals surface area contributed by atoms with Gasteiger partial charge in [0.2, 0.25) is 0 Å². The maximum absolute atomic E-state index is 11.7. The number of carbonyl (C=O) groups is 1. The molecule has 1 aliphatic carbocycles. The first-order valence-corrected chi connectivity index (χ1v) is 6.18. The largest absolute Gasteiger partial charge is 0.444 e. The Morgan fingerprint density at radius 1 is 1.53 bits per heavy atom. The van der Waals surface area contributed by atoms with Crippen LogP contribution in [0.2, 0.25) is 0 Å². The highest BCUT2D eigenvalue weighted by Crippen LogP contribution is 2.36. The van der Waals surface area contributed by atoms with Crippen molar-refractivity contribution in [3.63, 3.8) is 0 Å². The van der Waals surface area contributed by atoms with Crippen molar-refractivity contribution in [2.24, 2.45) is 5.73 Å². The van der Waals surface area contributed by atoms with Crippen molar-refractivity contribution in [1.29, 1.82) is 0 Å². The summed E-state index contributed by atoms with van der Waals surface area (Å²) in [6.07, 6.45) is 2.02. The quantitative estimate of drug-likeness (QED) is 0.692. The molecular formula is C12H24N2O3. The molecule has 0 heterocycles. The SMILES string of the molecule is CC(C)(C)OC(=O)NC1(C(O)CCN)CCC1. The van der Waals surface area contributed by atoms with E-state index < -0.39 is 23.3 Å². The van der Waals surface area contributed by atoms with Crippen LogP contribution in [0.5, 0.6) is 0 Å². The van der Waals surface area contributed by atoms with Gasteiger partial charge in [-0.2, -0.15) is 0 Å². The smallest absolute Gasteiger partial charge is 0.408 e. The molecular weight excluding hydrogens is 220 g/mol. The summed E-state index contributed by atoms with van der Waals surface area (Å²) in [5, 5.41) is 12.8. The van der Waals surface area contributed by atoms with Crippen molar-refractivity contribution in [1.82, 2.24) is 5.32 Å². The molecule has 0 bridgehead atoms. The van der Waals surface area contributed by atoms with Gasteiger partial charge < -0.3 is 20.9 Å². The molecule has 0 aromatic heterocycles. The number of aliphatic hydroxyl groups excluding tert-OH is 1. The van der Waals surface area contributed by atoms with Gasteiger partial charge in [0.25, 0.3) is 0 Å². The van der Waals surface area contributed by atoms with Crippen LogP contribution in [0.1, 0.15) is 46.5 Å². The number of nitrogens with two attached hydrogens (primary N) is 1. The Labute approximate surface area is 103 Å². The third-order valence-electron chi connectivity index (χ3n) is 3.07. The van der Waals surface area contributed by atoms with Gasteiger partial charge in [0.15, 0.2) is 0 Å². The van der Waals surface area contributed by atoms with Gasteiger partial charge in [-0.15, -0.1) is 0 Å². The summed E-state index contributed by atoms with van der Waals surface area (Å²) in [4.78, 5) is 11.7. The van der Waals surface area contributed by atoms with Crippen molar-refractivity contribution in [2.75, 3.05) is 6.54 Å². The molecule has 0 aromatic rings. The lowest BCUT2D eigenvalue weighted by Crippen LogP contribution is -2.62. The van der Waals surface area contributed by atoms with Gasteiger partial charge >= 0.3 is 6.09 Å². The molecule has 1 fully saturated rings. The van der Waals surface area contributed by atoms with Crippen molar-refractivity contribution >= 4 is 6.09 Å². The normalized spacial score (nSPS) is 20.3. The van der Waals surface area contributed by atoms with E-state index in [1.807, 2.05) is 20.8 Å². The maximum atomic E-state index is 11.7. The zero-order valence-electron chi connectivity index (χ0n) is 11.0. The van der Waals surface area contributed by atoms with Crippen LogP contribution < -0.4 is 11.1 Å². The number of carbonyl (C=O) groups excluding carboxylic acids is 1. The standard InChI is InChI=1S/C12H24N2O3/c1-11(2,3)17-10(16)14-12(6-4-7-12)9(15)5-8-13/h9,15H,4-8,13H2,1-3H3,(H,14,16). The van der Waals surface area contributed by atoms with Crippen LogP contribution in [0, 0.1) is 0 Å². The summed E-state index contributed by atoms with van der Waals surface area (Å²) < 4.78 is 5.21. The van der Waals surface area contributed by atoms with Crippen LogP contribution in [0.3, 0.4) is 0 Å². The molecule has 0 saturated heterocycles. The first kappa shape index (κ1) is 14.3. The second-order valence-corrected chi connectivity index (χ2v) is 5.73. The van der Waals surface area contributed by atoms with Crippen LogP contribution in [-0.4, -0.2) is 35.0 Å². The Morgan fingerprint density at radius 3 is 2.47 bits per heavy atom. The molecule has 0 radical (unpaired) electrons. The van der Waals surface area contributed by atoms with E-state index in [1.165, 1.54) is 0 Å². The molecule has 5 heteroatoms. The molecule has 1 saturated carbocycles. The zero-order chi connectivity index (χ0) is 13.1. The van der Waals surface area contributed by atoms with E-state index in [1.54, 1.807) is 0 Å². The number of nitrogens with one attached hydrogen (secondary N) is 1. The lowest BCUT2D eigenvalue weighted by Gasteiger charge is -2.46. The number of amides is 1. The van der Waals surface area contributed by atoms with Gasteiger partial charge in [-0.3, -0.25) is 0 Å². The fourth-order valence-electron chi connectivity index (χ4n) is 2.04. The molecule has 4 N–H and O–H groups in total. The summed E-state index contributed by atoms with van der Waals surface area (Å²) in [5.74, 6) is 0. The fraction of sp³-hybridized carbons (Fsp3) is 0.917. The Balaban J connectivity index is 2.54. The minimum atomic E-state index is -0.589. The van der Waals surface area contributed by atoms with Crippen molar-refractivity contribution in [3.8, 4) is 0 Å². The average molecular weight is 244 g/mol. The predicted octanol–water partition coefficient (Wildman–Crippen LogP) is 1.14. The van der Waals surface area contributed by atoms with Crippen LogP contribution in [0.25, 0.3) is 0 Å². The highest BCUT2D eigenvalue weighted by Gasteiger charge is 2.45. The van der Waals surface area contributed by atoms with Gasteiger partial charge in [0.1, 0.15) is 5.60 Å². The predicted molar refractivity (Wildman–Crippen MR) is 65.6 cm³/mol. The van der Waals surface area contributed by atoms with E-state index >= 15 is 0 Å². The lowest BCUT2D eigenvalue weighted by molar-refractivity contribution is -0.0115. The van der Waals surface area contributed by atoms with Gasteiger partial charge in [-0.1, -0.05) is 0 Å². The van der Waals surface area contributed by atoms with Crippen molar-refractivity contribution in [3.05, 3.63) is 0 Å². The van der Waals surface area contributed by atoms with E-state index in [-0.39, 0.29) is 0 Å². The Bertz CT molecular complexity index is 269. The molecule has 0 spiro atoms. The topological polar surface area (TPSA) is 84.6 Å². The molecule has 0 aliphatic heterocycles. The second-order valence-electron chi connectivity index (χ2n) is 5.73. The summed E-state index contributed by atoms with van der Waals surface area (Å²) >= 11 is 0. The Kier molecular flexibility index (Phi) is 4.38. The highest BCUT2D eigenvalue weighted by atomic mass is 16.6. The van der Waals surface area contributed by atoms with E-state index in [4.69, 9.17) is 10.5 Å². The first-order valence-electron chi connectivity index (χ1n) is 6.18. The molecule has 1 amide bonds. The minimum Gasteiger partial charge on any atom is -0.444 e. The average Bonchev–Trinajstić information content (AvgIpc) is 2.08. The molecule has 100 valence electrons. The number of hydrogen-bond donors (Lipinski definition) is 3. The van der Waals surface area contributed by atoms with E-state index in [9.17, 15) is 9.90 Å². The number of aliphatic hydroxyl groups is 1. The molecule has 1 unspecified atom stereocenters. The third kappa shape index (κ3) is 3.85. The molecule has 17 heavy (non-hydrogen) atoms. The van der Waals surface area contributed by atoms with E-state index in [2.05, 4.69) is 5.32 Å². The molecule has 5 nitrogen and oxygen atoms in total. The molecule has 1 aliphatic rings. The van der Waals surface area contributed by atoms with Gasteiger partial charge in [0.05, 0.1) is 11.6 Å². The number of rotatable bonds is 4. The first-order chi connectivity index (χ1) is 7.79. The van der Waals surface area contributed by atoms with Crippen molar-refractivity contribution < 1.29 is 14.6 Å². The van der Waals surface area contributed by atoms with Gasteiger partial charge in [-0.05, 0) is 53.0 Å². The van der Waals surface area contributed by atoms with Gasteiger partial charge in [-0.25, -0.2) is 4.79 Å². The Hall–Kier alpha value is -0.810. The van der Waals surface area contributed by atoms with Crippen LogP contribution in [0.4, 0.5) is 4.79 Å². The maximum Gasteiger partial charge on any atom is 0.408 e. The van der Waals surface area contributed by atoms with Crippen LogP contribution in [0.15, 0.2) is 0 Å². The molecule has 0 aromatic carbocycles. The van der Waals surface area contributed by atoms with Crippen LogP contribution in [-0.2, 0) is 4.74 Å². The summed E-state index contributed by atoms with van der Waals surface area (Å²) in [7, 11) is 0. The summed E-state index contributed by atoms with van der Waals surface area (Å²) in [6.45, 7) is 5.86. The van der Waals surface area contributed by atoms with Crippen LogP contribution >= 0.6 is 0 Å². The zero-order valence-corrected chi connectivity index (χ0v) is 11.0. The van der Waals surface area contributed by atoms with E-state index in [0.717, 1.165) is 19.3 Å². The fourth-order valence-corrected chi connectivity index (χ4v) is 2.04. The molecule has 1 rings (SSSR count). The monoisotopic (exact) mass is 244 g/mol. The van der Waals surface area contributed by atoms with E-state index in [0.29, 0.717) is 13.0 Å². The second kappa shape index (κ2) is 5.23. The van der Waals surface area contributed by atoms with Gasteiger partial charge in [0, 0.05) is 0 Å². The number of ether oxygens (including phenoxy) is 1. The highest BCUT2D eigenvalue weighted by molar-refractivity contribution is 5.69.